The highest BCUT2D eigenvalue weighted by atomic mass is 19.3. The SMILES string of the molecule is O=C1c2c(O)c(=O)ccn2N([C@H]2c3ccc(F)c(F)c3CN3CC(F)(F)c4cccc2c43)[C@@H]2COCCN12. The van der Waals surface area contributed by atoms with Crippen LogP contribution in [-0.4, -0.2) is 53.1 Å². The van der Waals surface area contributed by atoms with Crippen molar-refractivity contribution in [3.63, 3.8) is 0 Å². The summed E-state index contributed by atoms with van der Waals surface area (Å²) < 4.78 is 67.1. The third-order valence-electron chi connectivity index (χ3n) is 7.78. The van der Waals surface area contributed by atoms with Crippen LogP contribution in [0.4, 0.5) is 23.2 Å². The number of hydrogen-bond donors (Lipinski definition) is 1. The topological polar surface area (TPSA) is 78.2 Å². The van der Waals surface area contributed by atoms with Gasteiger partial charge in [0, 0.05) is 42.0 Å². The summed E-state index contributed by atoms with van der Waals surface area (Å²) in [4.78, 5) is 28.5. The average Bonchev–Trinajstić information content (AvgIpc) is 3.08. The van der Waals surface area contributed by atoms with E-state index in [1.165, 1.54) is 38.9 Å². The van der Waals surface area contributed by atoms with E-state index in [0.717, 1.165) is 12.1 Å². The zero-order chi connectivity index (χ0) is 26.5. The van der Waals surface area contributed by atoms with Gasteiger partial charge in [0.15, 0.2) is 23.1 Å². The highest BCUT2D eigenvalue weighted by Gasteiger charge is 2.51. The molecule has 1 aromatic heterocycles. The van der Waals surface area contributed by atoms with E-state index in [1.54, 1.807) is 11.1 Å². The Kier molecular flexibility index (Phi) is 4.70. The van der Waals surface area contributed by atoms with E-state index in [1.807, 2.05) is 0 Å². The van der Waals surface area contributed by atoms with Gasteiger partial charge in [-0.2, -0.15) is 8.78 Å². The lowest BCUT2D eigenvalue weighted by Gasteiger charge is -2.51. The van der Waals surface area contributed by atoms with Gasteiger partial charge in [0.2, 0.25) is 5.43 Å². The third kappa shape index (κ3) is 2.94. The smallest absolute Gasteiger partial charge is 0.292 e. The number of rotatable bonds is 1. The Morgan fingerprint density at radius 3 is 2.68 bits per heavy atom. The molecule has 38 heavy (non-hydrogen) atoms. The van der Waals surface area contributed by atoms with Gasteiger partial charge < -0.3 is 19.6 Å². The summed E-state index contributed by atoms with van der Waals surface area (Å²) in [6.07, 6.45) is 0.502. The largest absolute Gasteiger partial charge is 0.502 e. The number of pyridine rings is 1. The molecule has 196 valence electrons. The fourth-order valence-electron chi connectivity index (χ4n) is 6.17. The maximum absolute atomic E-state index is 15.4. The summed E-state index contributed by atoms with van der Waals surface area (Å²) in [6.45, 7) is -0.646. The minimum Gasteiger partial charge on any atom is -0.502 e. The van der Waals surface area contributed by atoms with Crippen LogP contribution in [0.1, 0.15) is 38.8 Å². The number of hydrogen-bond acceptors (Lipinski definition) is 6. The fraction of sp³-hybridized carbons (Fsp3) is 0.308. The summed E-state index contributed by atoms with van der Waals surface area (Å²) in [5, 5.41) is 12.3. The molecule has 2 aromatic carbocycles. The van der Waals surface area contributed by atoms with E-state index in [-0.39, 0.29) is 48.8 Å². The summed E-state index contributed by atoms with van der Waals surface area (Å²) in [6, 6.07) is 6.89. The van der Waals surface area contributed by atoms with Crippen LogP contribution in [0.3, 0.4) is 0 Å². The Labute approximate surface area is 212 Å². The number of ether oxygens (including phenoxy) is 1. The van der Waals surface area contributed by atoms with Crippen molar-refractivity contribution in [3.05, 3.63) is 92.4 Å². The highest BCUT2D eigenvalue weighted by Crippen LogP contribution is 2.52. The standard InChI is InChI=1S/C26H20F4N4O4/c27-17-5-4-13-15(20(17)28)10-31-12-26(29,30)16-3-1-2-14(22(16)31)21(13)34-19-11-38-9-8-32(19)25(37)23-24(36)18(35)6-7-33(23)34/h1-7,19,21,36H,8-12H2/t19-,21+/m1/s1. The number of carbonyl (C=O) groups excluding carboxylic acids is 1. The van der Waals surface area contributed by atoms with Gasteiger partial charge in [0.05, 0.1) is 25.4 Å². The second kappa shape index (κ2) is 7.73. The van der Waals surface area contributed by atoms with E-state index < -0.39 is 53.4 Å². The maximum atomic E-state index is 15.4. The predicted molar refractivity (Wildman–Crippen MR) is 126 cm³/mol. The lowest BCUT2D eigenvalue weighted by Crippen LogP contribution is -2.66. The van der Waals surface area contributed by atoms with Crippen molar-refractivity contribution in [3.8, 4) is 5.75 Å². The van der Waals surface area contributed by atoms with Gasteiger partial charge in [-0.3, -0.25) is 19.3 Å². The van der Waals surface area contributed by atoms with E-state index in [4.69, 9.17) is 4.74 Å². The number of nitrogens with zero attached hydrogens (tertiary/aromatic N) is 4. The van der Waals surface area contributed by atoms with E-state index >= 15 is 13.2 Å². The Morgan fingerprint density at radius 1 is 1.05 bits per heavy atom. The first kappa shape index (κ1) is 23.1. The number of para-hydroxylation sites is 1. The highest BCUT2D eigenvalue weighted by molar-refractivity contribution is 5.96. The van der Waals surface area contributed by atoms with Crippen molar-refractivity contribution in [2.75, 3.05) is 36.2 Å². The molecule has 2 atom stereocenters. The molecule has 1 fully saturated rings. The molecule has 1 amide bonds. The molecule has 0 bridgehead atoms. The van der Waals surface area contributed by atoms with Crippen LogP contribution in [0.25, 0.3) is 0 Å². The molecule has 0 radical (unpaired) electrons. The van der Waals surface area contributed by atoms with Crippen molar-refractivity contribution in [2.45, 2.75) is 24.7 Å². The van der Waals surface area contributed by atoms with Crippen LogP contribution in [-0.2, 0) is 17.2 Å². The number of fused-ring (bicyclic) bond motifs is 3. The zero-order valence-corrected chi connectivity index (χ0v) is 19.7. The summed E-state index contributed by atoms with van der Waals surface area (Å²) >= 11 is 0. The molecule has 0 aliphatic carbocycles. The lowest BCUT2D eigenvalue weighted by molar-refractivity contribution is -0.0197. The number of halogens is 4. The van der Waals surface area contributed by atoms with Crippen LogP contribution < -0.4 is 15.3 Å². The van der Waals surface area contributed by atoms with Gasteiger partial charge >= 0.3 is 0 Å². The number of carbonyl (C=O) groups is 1. The molecule has 4 aliphatic heterocycles. The molecule has 8 nitrogen and oxygen atoms in total. The van der Waals surface area contributed by atoms with Crippen molar-refractivity contribution < 1.29 is 32.2 Å². The number of anilines is 1. The van der Waals surface area contributed by atoms with Gasteiger partial charge in [-0.05, 0) is 11.6 Å². The van der Waals surface area contributed by atoms with E-state index in [0.29, 0.717) is 11.1 Å². The average molecular weight is 528 g/mol. The summed E-state index contributed by atoms with van der Waals surface area (Å²) in [5.41, 5.74) is -0.517. The molecule has 12 heteroatoms. The lowest BCUT2D eigenvalue weighted by atomic mass is 9.91. The minimum atomic E-state index is -3.23. The first-order valence-corrected chi connectivity index (χ1v) is 12.0. The van der Waals surface area contributed by atoms with Crippen molar-refractivity contribution in [1.82, 2.24) is 9.58 Å². The first-order valence-electron chi connectivity index (χ1n) is 12.0. The van der Waals surface area contributed by atoms with Gasteiger partial charge in [-0.15, -0.1) is 0 Å². The fourth-order valence-corrected chi connectivity index (χ4v) is 6.17. The first-order chi connectivity index (χ1) is 18.2. The van der Waals surface area contributed by atoms with Gasteiger partial charge in [-0.1, -0.05) is 24.3 Å². The van der Waals surface area contributed by atoms with Crippen molar-refractivity contribution >= 4 is 11.6 Å². The summed E-state index contributed by atoms with van der Waals surface area (Å²) in [7, 11) is 0. The van der Waals surface area contributed by atoms with Crippen molar-refractivity contribution in [1.29, 1.82) is 0 Å². The Balaban J connectivity index is 1.57. The van der Waals surface area contributed by atoms with Crippen LogP contribution in [0.5, 0.6) is 5.75 Å². The molecule has 1 saturated heterocycles. The second-order valence-electron chi connectivity index (χ2n) is 9.79. The number of benzene rings is 2. The van der Waals surface area contributed by atoms with Crippen LogP contribution in [0.2, 0.25) is 0 Å². The molecule has 0 saturated carbocycles. The minimum absolute atomic E-state index is 0.0163. The zero-order valence-electron chi connectivity index (χ0n) is 19.7. The Morgan fingerprint density at radius 2 is 1.87 bits per heavy atom. The molecule has 0 spiro atoms. The number of alkyl halides is 2. The van der Waals surface area contributed by atoms with Crippen LogP contribution in [0.15, 0.2) is 47.4 Å². The molecule has 4 aliphatic rings. The number of morpholine rings is 1. The van der Waals surface area contributed by atoms with Crippen LogP contribution in [0, 0.1) is 11.6 Å². The van der Waals surface area contributed by atoms with E-state index in [9.17, 15) is 19.1 Å². The molecular formula is C26H20F4N4O4. The predicted octanol–water partition coefficient (Wildman–Crippen LogP) is 2.80. The number of aromatic nitrogens is 1. The quantitative estimate of drug-likeness (QED) is 0.490. The van der Waals surface area contributed by atoms with Gasteiger partial charge in [-0.25, -0.2) is 8.78 Å². The third-order valence-corrected chi connectivity index (χ3v) is 7.78. The number of aromatic hydroxyl groups is 1. The Bertz CT molecular complexity index is 1590. The molecule has 7 rings (SSSR count). The Hall–Kier alpha value is -4.06. The monoisotopic (exact) mass is 528 g/mol. The second-order valence-corrected chi connectivity index (χ2v) is 9.79. The normalized spacial score (nSPS) is 22.9. The molecule has 1 N–H and O–H groups in total. The molecule has 0 unspecified atom stereocenters. The number of amides is 1. The summed E-state index contributed by atoms with van der Waals surface area (Å²) in [5.74, 6) is -6.86. The van der Waals surface area contributed by atoms with Gasteiger partial charge in [0.1, 0.15) is 12.2 Å². The van der Waals surface area contributed by atoms with Crippen LogP contribution >= 0.6 is 0 Å². The molecule has 3 aromatic rings. The van der Waals surface area contributed by atoms with E-state index in [2.05, 4.69) is 0 Å². The van der Waals surface area contributed by atoms with Gasteiger partial charge in [0.25, 0.3) is 11.8 Å². The molecule has 5 heterocycles. The van der Waals surface area contributed by atoms with Crippen molar-refractivity contribution in [2.24, 2.45) is 0 Å². The maximum Gasteiger partial charge on any atom is 0.292 e. The molecular weight excluding hydrogens is 508 g/mol.